The number of carbonyl (C=O) groups is 2. The minimum absolute atomic E-state index is 0.0237. The standard InChI is InChI=1S/C16H21N5O2/c1-2-14(16(17)23)21-10-12(6-4-8-15(21)22)11-5-3-7-13(9-11)19-20-18/h3,5,7,9,12,14H,2,4,6,8,10H2,1H3,(H2,17,23). The maximum Gasteiger partial charge on any atom is 0.240 e. The van der Waals surface area contributed by atoms with Crippen molar-refractivity contribution >= 4 is 17.5 Å². The second-order valence-corrected chi connectivity index (χ2v) is 5.75. The number of carbonyl (C=O) groups excluding carboxylic acids is 2. The number of nitrogens with zero attached hydrogens (tertiary/aromatic N) is 4. The fraction of sp³-hybridized carbons (Fsp3) is 0.500. The highest BCUT2D eigenvalue weighted by Crippen LogP contribution is 2.30. The molecule has 0 saturated carbocycles. The van der Waals surface area contributed by atoms with Gasteiger partial charge < -0.3 is 10.6 Å². The minimum atomic E-state index is -0.566. The number of rotatable bonds is 5. The highest BCUT2D eigenvalue weighted by atomic mass is 16.2. The number of amides is 2. The van der Waals surface area contributed by atoms with Crippen LogP contribution in [-0.4, -0.2) is 29.3 Å². The van der Waals surface area contributed by atoms with E-state index in [-0.39, 0.29) is 11.8 Å². The minimum Gasteiger partial charge on any atom is -0.368 e. The molecule has 2 N–H and O–H groups in total. The molecule has 0 radical (unpaired) electrons. The molecule has 2 rings (SSSR count). The summed E-state index contributed by atoms with van der Waals surface area (Å²) in [4.78, 5) is 28.4. The molecule has 0 spiro atoms. The summed E-state index contributed by atoms with van der Waals surface area (Å²) in [6.45, 7) is 2.31. The van der Waals surface area contributed by atoms with Gasteiger partial charge in [-0.15, -0.1) is 0 Å². The van der Waals surface area contributed by atoms with Crippen molar-refractivity contribution in [3.63, 3.8) is 0 Å². The van der Waals surface area contributed by atoms with Crippen LogP contribution in [0.25, 0.3) is 10.4 Å². The van der Waals surface area contributed by atoms with Crippen LogP contribution >= 0.6 is 0 Å². The second-order valence-electron chi connectivity index (χ2n) is 5.75. The summed E-state index contributed by atoms with van der Waals surface area (Å²) in [5, 5.41) is 3.62. The first-order valence-corrected chi connectivity index (χ1v) is 7.80. The fourth-order valence-electron chi connectivity index (χ4n) is 3.11. The van der Waals surface area contributed by atoms with Gasteiger partial charge in [0, 0.05) is 29.5 Å². The molecule has 7 nitrogen and oxygen atoms in total. The third-order valence-electron chi connectivity index (χ3n) is 4.27. The average Bonchev–Trinajstić information content (AvgIpc) is 2.71. The van der Waals surface area contributed by atoms with E-state index in [1.54, 1.807) is 11.0 Å². The largest absolute Gasteiger partial charge is 0.368 e. The molecule has 1 aliphatic rings. The van der Waals surface area contributed by atoms with Crippen LogP contribution in [0.3, 0.4) is 0 Å². The Bertz CT molecular complexity index is 639. The number of hydrogen-bond donors (Lipinski definition) is 1. The molecule has 1 fully saturated rings. The quantitative estimate of drug-likeness (QED) is 0.511. The lowest BCUT2D eigenvalue weighted by atomic mass is 9.93. The normalized spacial score (nSPS) is 19.6. The van der Waals surface area contributed by atoms with Crippen LogP contribution in [0, 0.1) is 0 Å². The first-order valence-electron chi connectivity index (χ1n) is 7.80. The van der Waals surface area contributed by atoms with E-state index in [0.717, 1.165) is 18.4 Å². The first kappa shape index (κ1) is 16.8. The van der Waals surface area contributed by atoms with Crippen molar-refractivity contribution < 1.29 is 9.59 Å². The van der Waals surface area contributed by atoms with Gasteiger partial charge in [-0.1, -0.05) is 30.2 Å². The van der Waals surface area contributed by atoms with E-state index in [1.165, 1.54) is 0 Å². The molecule has 1 aliphatic heterocycles. The van der Waals surface area contributed by atoms with Gasteiger partial charge in [0.2, 0.25) is 11.8 Å². The van der Waals surface area contributed by atoms with Crippen molar-refractivity contribution in [2.45, 2.75) is 44.6 Å². The van der Waals surface area contributed by atoms with Crippen molar-refractivity contribution in [3.8, 4) is 0 Å². The van der Waals surface area contributed by atoms with Crippen LogP contribution in [0.15, 0.2) is 29.4 Å². The molecule has 0 bridgehead atoms. The lowest BCUT2D eigenvalue weighted by Gasteiger charge is -2.30. The lowest BCUT2D eigenvalue weighted by molar-refractivity contribution is -0.139. The second kappa shape index (κ2) is 7.65. The topological polar surface area (TPSA) is 112 Å². The molecule has 7 heteroatoms. The van der Waals surface area contributed by atoms with Crippen LogP contribution in [0.2, 0.25) is 0 Å². The van der Waals surface area contributed by atoms with Crippen LogP contribution in [0.4, 0.5) is 5.69 Å². The summed E-state index contributed by atoms with van der Waals surface area (Å²) in [6, 6.07) is 6.80. The van der Waals surface area contributed by atoms with Crippen molar-refractivity contribution in [2.24, 2.45) is 10.8 Å². The predicted molar refractivity (Wildman–Crippen MR) is 86.8 cm³/mol. The van der Waals surface area contributed by atoms with E-state index in [4.69, 9.17) is 11.3 Å². The molecule has 2 unspecified atom stereocenters. The van der Waals surface area contributed by atoms with Crippen LogP contribution < -0.4 is 5.73 Å². The maximum absolute atomic E-state index is 12.3. The van der Waals surface area contributed by atoms with Crippen LogP contribution in [0.5, 0.6) is 0 Å². The fourth-order valence-corrected chi connectivity index (χ4v) is 3.11. The number of benzene rings is 1. The third kappa shape index (κ3) is 4.02. The molecule has 1 aromatic rings. The SMILES string of the molecule is CCC(C(N)=O)N1CC(c2cccc(N=[N+]=[N-])c2)CCCC1=O. The number of primary amides is 1. The van der Waals surface area contributed by atoms with E-state index < -0.39 is 11.9 Å². The Balaban J connectivity index is 2.29. The Kier molecular flexibility index (Phi) is 5.60. The number of likely N-dealkylation sites (tertiary alicyclic amines) is 1. The maximum atomic E-state index is 12.3. The lowest BCUT2D eigenvalue weighted by Crippen LogP contribution is -2.48. The Morgan fingerprint density at radius 3 is 3.00 bits per heavy atom. The summed E-state index contributed by atoms with van der Waals surface area (Å²) < 4.78 is 0. The van der Waals surface area contributed by atoms with Crippen molar-refractivity contribution in [1.82, 2.24) is 4.90 Å². The zero-order chi connectivity index (χ0) is 16.8. The molecule has 2 atom stereocenters. The van der Waals surface area contributed by atoms with E-state index in [0.29, 0.717) is 25.1 Å². The molecular formula is C16H21N5O2. The summed E-state index contributed by atoms with van der Waals surface area (Å²) in [6.07, 6.45) is 2.54. The van der Waals surface area contributed by atoms with Crippen molar-refractivity contribution in [3.05, 3.63) is 40.3 Å². The summed E-state index contributed by atoms with van der Waals surface area (Å²) in [5.41, 5.74) is 15.6. The van der Waals surface area contributed by atoms with Gasteiger partial charge in [-0.2, -0.15) is 0 Å². The number of hydrogen-bond acceptors (Lipinski definition) is 3. The molecule has 1 heterocycles. The van der Waals surface area contributed by atoms with E-state index in [9.17, 15) is 9.59 Å². The van der Waals surface area contributed by atoms with Gasteiger partial charge in [-0.25, -0.2) is 0 Å². The van der Waals surface area contributed by atoms with Gasteiger partial charge in [0.05, 0.1) is 0 Å². The van der Waals surface area contributed by atoms with Crippen molar-refractivity contribution in [2.75, 3.05) is 6.54 Å². The summed E-state index contributed by atoms with van der Waals surface area (Å²) in [5.74, 6) is -0.391. The summed E-state index contributed by atoms with van der Waals surface area (Å²) in [7, 11) is 0. The van der Waals surface area contributed by atoms with Gasteiger partial charge in [0.15, 0.2) is 0 Å². The Morgan fingerprint density at radius 2 is 2.35 bits per heavy atom. The van der Waals surface area contributed by atoms with Gasteiger partial charge in [0.1, 0.15) is 6.04 Å². The molecule has 2 amide bonds. The highest BCUT2D eigenvalue weighted by Gasteiger charge is 2.31. The Labute approximate surface area is 135 Å². The smallest absolute Gasteiger partial charge is 0.240 e. The monoisotopic (exact) mass is 315 g/mol. The predicted octanol–water partition coefficient (Wildman–Crippen LogP) is 2.99. The molecule has 1 aromatic carbocycles. The van der Waals surface area contributed by atoms with E-state index in [1.807, 2.05) is 25.1 Å². The number of azide groups is 1. The first-order chi connectivity index (χ1) is 11.1. The van der Waals surface area contributed by atoms with Gasteiger partial charge in [0.25, 0.3) is 0 Å². The molecule has 0 aliphatic carbocycles. The highest BCUT2D eigenvalue weighted by molar-refractivity contribution is 5.86. The van der Waals surface area contributed by atoms with Gasteiger partial charge in [-0.05, 0) is 36.4 Å². The molecular weight excluding hydrogens is 294 g/mol. The van der Waals surface area contributed by atoms with E-state index in [2.05, 4.69) is 10.0 Å². The Morgan fingerprint density at radius 1 is 1.57 bits per heavy atom. The van der Waals surface area contributed by atoms with Crippen LogP contribution in [0.1, 0.15) is 44.1 Å². The zero-order valence-electron chi connectivity index (χ0n) is 13.2. The molecule has 1 saturated heterocycles. The zero-order valence-corrected chi connectivity index (χ0v) is 13.2. The average molecular weight is 315 g/mol. The number of nitrogens with two attached hydrogens (primary N) is 1. The van der Waals surface area contributed by atoms with E-state index >= 15 is 0 Å². The van der Waals surface area contributed by atoms with Gasteiger partial charge >= 0.3 is 0 Å². The Hall–Kier alpha value is -2.53. The summed E-state index contributed by atoms with van der Waals surface area (Å²) >= 11 is 0. The molecule has 0 aromatic heterocycles. The third-order valence-corrected chi connectivity index (χ3v) is 4.27. The molecule has 122 valence electrons. The molecule has 23 heavy (non-hydrogen) atoms. The van der Waals surface area contributed by atoms with Gasteiger partial charge in [-0.3, -0.25) is 9.59 Å². The van der Waals surface area contributed by atoms with Crippen LogP contribution in [-0.2, 0) is 9.59 Å². The van der Waals surface area contributed by atoms with Crippen molar-refractivity contribution in [1.29, 1.82) is 0 Å².